The normalized spacial score (nSPS) is 16.6. The largest absolute Gasteiger partial charge is 0.312 e. The second kappa shape index (κ2) is 5.19. The van der Waals surface area contributed by atoms with Crippen LogP contribution in [-0.2, 0) is 6.42 Å². The van der Waals surface area contributed by atoms with Gasteiger partial charge in [-0.3, -0.25) is 0 Å². The molecule has 3 heteroatoms. The van der Waals surface area contributed by atoms with Gasteiger partial charge in [0.15, 0.2) is 0 Å². The fourth-order valence-corrected chi connectivity index (χ4v) is 2.40. The molecular formula is C11H14BrNS. The molecule has 0 amide bonds. The molecule has 1 N–H and O–H groups in total. The van der Waals surface area contributed by atoms with Gasteiger partial charge in [0.2, 0.25) is 0 Å². The van der Waals surface area contributed by atoms with E-state index in [0.717, 1.165) is 23.5 Å². The van der Waals surface area contributed by atoms with Crippen molar-refractivity contribution in [3.63, 3.8) is 0 Å². The van der Waals surface area contributed by atoms with Crippen LogP contribution < -0.4 is 5.32 Å². The van der Waals surface area contributed by atoms with Crippen LogP contribution in [0, 0.1) is 0 Å². The summed E-state index contributed by atoms with van der Waals surface area (Å²) in [4.78, 5) is 0. The molecule has 1 fully saturated rings. The Labute approximate surface area is 97.8 Å². The number of benzene rings is 1. The third kappa shape index (κ3) is 3.01. The molecule has 0 unspecified atom stereocenters. The quantitative estimate of drug-likeness (QED) is 0.904. The first-order valence-corrected chi connectivity index (χ1v) is 6.85. The summed E-state index contributed by atoms with van der Waals surface area (Å²) in [6, 6.07) is 9.35. The lowest BCUT2D eigenvalue weighted by atomic mass is 10.1. The molecule has 1 aromatic carbocycles. The molecule has 0 aromatic heterocycles. The van der Waals surface area contributed by atoms with Crippen LogP contribution in [0.4, 0.5) is 0 Å². The van der Waals surface area contributed by atoms with Crippen molar-refractivity contribution < 1.29 is 0 Å². The lowest BCUT2D eigenvalue weighted by molar-refractivity contribution is 0.585. The van der Waals surface area contributed by atoms with Crippen molar-refractivity contribution in [3.05, 3.63) is 34.3 Å². The van der Waals surface area contributed by atoms with Crippen LogP contribution in [0.15, 0.2) is 28.7 Å². The number of halogens is 1. The summed E-state index contributed by atoms with van der Waals surface area (Å²) in [7, 11) is 0. The van der Waals surface area contributed by atoms with Gasteiger partial charge in [0.1, 0.15) is 0 Å². The van der Waals surface area contributed by atoms with Crippen molar-refractivity contribution in [1.82, 2.24) is 5.32 Å². The maximum Gasteiger partial charge on any atom is 0.0248 e. The van der Waals surface area contributed by atoms with E-state index in [9.17, 15) is 0 Å². The van der Waals surface area contributed by atoms with Crippen LogP contribution in [-0.4, -0.2) is 24.1 Å². The predicted molar refractivity (Wildman–Crippen MR) is 67.0 cm³/mol. The van der Waals surface area contributed by atoms with Crippen molar-refractivity contribution in [1.29, 1.82) is 0 Å². The molecule has 2 rings (SSSR count). The SMILES string of the molecule is Brc1ccc(CCNC2CSC2)cc1. The number of nitrogens with one attached hydrogen (secondary N) is 1. The van der Waals surface area contributed by atoms with Gasteiger partial charge in [0.25, 0.3) is 0 Å². The minimum absolute atomic E-state index is 0.774. The van der Waals surface area contributed by atoms with Crippen molar-refractivity contribution in [3.8, 4) is 0 Å². The number of rotatable bonds is 4. The Bertz CT molecular complexity index is 282. The molecule has 1 aromatic rings. The van der Waals surface area contributed by atoms with Crippen LogP contribution in [0.5, 0.6) is 0 Å². The van der Waals surface area contributed by atoms with Crippen molar-refractivity contribution >= 4 is 27.7 Å². The van der Waals surface area contributed by atoms with Crippen LogP contribution >= 0.6 is 27.7 Å². The van der Waals surface area contributed by atoms with Crippen molar-refractivity contribution in [2.24, 2.45) is 0 Å². The molecular weight excluding hydrogens is 258 g/mol. The molecule has 1 nitrogen and oxygen atoms in total. The Hall–Kier alpha value is 0.01000. The summed E-state index contributed by atoms with van der Waals surface area (Å²) in [6.07, 6.45) is 1.13. The maximum atomic E-state index is 3.55. The van der Waals surface area contributed by atoms with Crippen molar-refractivity contribution in [2.45, 2.75) is 12.5 Å². The Morgan fingerprint density at radius 3 is 2.57 bits per heavy atom. The zero-order valence-electron chi connectivity index (χ0n) is 8.00. The van der Waals surface area contributed by atoms with E-state index in [-0.39, 0.29) is 0 Å². The van der Waals surface area contributed by atoms with Gasteiger partial charge in [-0.15, -0.1) is 0 Å². The second-order valence-corrected chi connectivity index (χ2v) is 5.56. The standard InChI is InChI=1S/C11H14BrNS/c12-10-3-1-9(2-4-10)5-6-13-11-7-14-8-11/h1-4,11,13H,5-8H2. The molecule has 0 radical (unpaired) electrons. The fourth-order valence-electron chi connectivity index (χ4n) is 1.43. The monoisotopic (exact) mass is 271 g/mol. The summed E-state index contributed by atoms with van der Waals surface area (Å²) in [5.41, 5.74) is 1.41. The topological polar surface area (TPSA) is 12.0 Å². The van der Waals surface area contributed by atoms with Crippen LogP contribution in [0.1, 0.15) is 5.56 Å². The molecule has 1 heterocycles. The first-order chi connectivity index (χ1) is 6.84. The van der Waals surface area contributed by atoms with E-state index in [1.165, 1.54) is 17.1 Å². The van der Waals surface area contributed by atoms with Gasteiger partial charge in [0, 0.05) is 22.0 Å². The van der Waals surface area contributed by atoms with E-state index >= 15 is 0 Å². The lowest BCUT2D eigenvalue weighted by Gasteiger charge is -2.25. The molecule has 1 aliphatic rings. The van der Waals surface area contributed by atoms with Gasteiger partial charge in [-0.1, -0.05) is 28.1 Å². The molecule has 1 saturated heterocycles. The van der Waals surface area contributed by atoms with Gasteiger partial charge in [-0.2, -0.15) is 11.8 Å². The van der Waals surface area contributed by atoms with Gasteiger partial charge < -0.3 is 5.32 Å². The average Bonchev–Trinajstić information content (AvgIpc) is 2.12. The van der Waals surface area contributed by atoms with Gasteiger partial charge >= 0.3 is 0 Å². The molecule has 0 bridgehead atoms. The van der Waals surface area contributed by atoms with Crippen molar-refractivity contribution in [2.75, 3.05) is 18.1 Å². The van der Waals surface area contributed by atoms with Gasteiger partial charge in [-0.05, 0) is 30.7 Å². The van der Waals surface area contributed by atoms with E-state index in [0.29, 0.717) is 0 Å². The molecule has 0 saturated carbocycles. The average molecular weight is 272 g/mol. The second-order valence-electron chi connectivity index (χ2n) is 3.56. The summed E-state index contributed by atoms with van der Waals surface area (Å²) in [5, 5.41) is 3.55. The smallest absolute Gasteiger partial charge is 0.0248 e. The third-order valence-electron chi connectivity index (χ3n) is 2.40. The number of hydrogen-bond acceptors (Lipinski definition) is 2. The van der Waals surface area contributed by atoms with Crippen LogP contribution in [0.2, 0.25) is 0 Å². The van der Waals surface area contributed by atoms with Gasteiger partial charge in [0.05, 0.1) is 0 Å². The van der Waals surface area contributed by atoms with E-state index in [1.807, 2.05) is 11.8 Å². The third-order valence-corrected chi connectivity index (χ3v) is 4.20. The Balaban J connectivity index is 1.71. The zero-order valence-corrected chi connectivity index (χ0v) is 10.4. The highest BCUT2D eigenvalue weighted by Crippen LogP contribution is 2.17. The zero-order chi connectivity index (χ0) is 9.80. The fraction of sp³-hybridized carbons (Fsp3) is 0.455. The summed E-state index contributed by atoms with van der Waals surface area (Å²) in [6.45, 7) is 1.10. The first-order valence-electron chi connectivity index (χ1n) is 4.90. The highest BCUT2D eigenvalue weighted by Gasteiger charge is 2.16. The summed E-state index contributed by atoms with van der Waals surface area (Å²) in [5.74, 6) is 2.58. The molecule has 14 heavy (non-hydrogen) atoms. The minimum Gasteiger partial charge on any atom is -0.312 e. The Kier molecular flexibility index (Phi) is 3.90. The van der Waals surface area contributed by atoms with E-state index in [4.69, 9.17) is 0 Å². The van der Waals surface area contributed by atoms with Crippen LogP contribution in [0.3, 0.4) is 0 Å². The first kappa shape index (κ1) is 10.5. The van der Waals surface area contributed by atoms with Crippen LogP contribution in [0.25, 0.3) is 0 Å². The predicted octanol–water partition coefficient (Wildman–Crippen LogP) is 2.70. The molecule has 0 aliphatic carbocycles. The Morgan fingerprint density at radius 2 is 2.00 bits per heavy atom. The van der Waals surface area contributed by atoms with E-state index < -0.39 is 0 Å². The summed E-state index contributed by atoms with van der Waals surface area (Å²) >= 11 is 5.46. The highest BCUT2D eigenvalue weighted by molar-refractivity contribution is 9.10. The maximum absolute atomic E-state index is 3.55. The lowest BCUT2D eigenvalue weighted by Crippen LogP contribution is -2.41. The molecule has 0 spiro atoms. The summed E-state index contributed by atoms with van der Waals surface area (Å²) < 4.78 is 1.16. The van der Waals surface area contributed by atoms with Gasteiger partial charge in [-0.25, -0.2) is 0 Å². The Morgan fingerprint density at radius 1 is 1.29 bits per heavy atom. The number of thioether (sulfide) groups is 1. The number of hydrogen-bond donors (Lipinski definition) is 1. The molecule has 76 valence electrons. The molecule has 0 atom stereocenters. The van der Waals surface area contributed by atoms with E-state index in [2.05, 4.69) is 45.5 Å². The van der Waals surface area contributed by atoms with E-state index in [1.54, 1.807) is 0 Å². The molecule has 1 aliphatic heterocycles. The minimum atomic E-state index is 0.774. The highest BCUT2D eigenvalue weighted by atomic mass is 79.9.